The average molecular weight is 227 g/mol. The Hall–Kier alpha value is -0.610. The zero-order valence-corrected chi connectivity index (χ0v) is 10.1. The van der Waals surface area contributed by atoms with Gasteiger partial charge in [0.2, 0.25) is 0 Å². The first-order valence-corrected chi connectivity index (χ1v) is 6.21. The van der Waals surface area contributed by atoms with Gasteiger partial charge in [-0.05, 0) is 26.3 Å². The fourth-order valence-corrected chi connectivity index (χ4v) is 2.95. The van der Waals surface area contributed by atoms with Crippen LogP contribution in [-0.4, -0.2) is 47.3 Å². The molecule has 0 radical (unpaired) electrons. The van der Waals surface area contributed by atoms with Crippen LogP contribution in [-0.2, 0) is 9.53 Å². The van der Waals surface area contributed by atoms with Crippen LogP contribution in [0, 0.1) is 0 Å². The largest absolute Gasteiger partial charge is 0.461 e. The number of aliphatic hydroxyl groups is 1. The maximum Gasteiger partial charge on any atom is 0.306 e. The van der Waals surface area contributed by atoms with E-state index in [2.05, 4.69) is 11.9 Å². The molecule has 0 amide bonds. The predicted molar refractivity (Wildman–Crippen MR) is 60.0 cm³/mol. The van der Waals surface area contributed by atoms with E-state index in [9.17, 15) is 9.90 Å². The Labute approximate surface area is 96.6 Å². The summed E-state index contributed by atoms with van der Waals surface area (Å²) in [6.07, 6.45) is 3.53. The summed E-state index contributed by atoms with van der Waals surface area (Å²) < 4.78 is 5.49. The summed E-state index contributed by atoms with van der Waals surface area (Å²) in [4.78, 5) is 13.7. The minimum atomic E-state index is -0.221. The number of rotatable bonds is 3. The van der Waals surface area contributed by atoms with Crippen LogP contribution in [0.4, 0.5) is 0 Å². The zero-order valence-electron chi connectivity index (χ0n) is 10.1. The van der Waals surface area contributed by atoms with Gasteiger partial charge in [-0.15, -0.1) is 0 Å². The number of esters is 1. The van der Waals surface area contributed by atoms with E-state index in [1.807, 2.05) is 6.92 Å². The van der Waals surface area contributed by atoms with Crippen LogP contribution < -0.4 is 0 Å². The van der Waals surface area contributed by atoms with Gasteiger partial charge in [0.15, 0.2) is 0 Å². The van der Waals surface area contributed by atoms with Crippen molar-refractivity contribution in [3.63, 3.8) is 0 Å². The molecule has 0 spiro atoms. The van der Waals surface area contributed by atoms with E-state index in [1.54, 1.807) is 0 Å². The van der Waals surface area contributed by atoms with Gasteiger partial charge in [0, 0.05) is 24.9 Å². The monoisotopic (exact) mass is 227 g/mol. The summed E-state index contributed by atoms with van der Waals surface area (Å²) in [7, 11) is 2.06. The van der Waals surface area contributed by atoms with Gasteiger partial charge in [-0.2, -0.15) is 0 Å². The van der Waals surface area contributed by atoms with Gasteiger partial charge in [0.05, 0.1) is 6.10 Å². The maximum atomic E-state index is 11.5. The second kappa shape index (κ2) is 4.72. The van der Waals surface area contributed by atoms with Crippen molar-refractivity contribution in [1.82, 2.24) is 4.90 Å². The Kier molecular flexibility index (Phi) is 3.50. The molecule has 2 saturated heterocycles. The first-order chi connectivity index (χ1) is 7.61. The van der Waals surface area contributed by atoms with E-state index in [4.69, 9.17) is 4.74 Å². The van der Waals surface area contributed by atoms with Crippen LogP contribution in [0.1, 0.15) is 39.0 Å². The fraction of sp³-hybridized carbons (Fsp3) is 0.917. The number of nitrogens with zero attached hydrogens (tertiary/aromatic N) is 1. The van der Waals surface area contributed by atoms with Crippen molar-refractivity contribution < 1.29 is 14.6 Å². The Morgan fingerprint density at radius 2 is 2.19 bits per heavy atom. The molecule has 0 aromatic rings. The first kappa shape index (κ1) is 11.9. The number of hydrogen-bond acceptors (Lipinski definition) is 4. The molecule has 2 unspecified atom stereocenters. The third-order valence-corrected chi connectivity index (χ3v) is 3.83. The van der Waals surface area contributed by atoms with Gasteiger partial charge in [0.25, 0.3) is 0 Å². The highest BCUT2D eigenvalue weighted by Crippen LogP contribution is 2.36. The molecule has 92 valence electrons. The molecule has 1 N–H and O–H groups in total. The summed E-state index contributed by atoms with van der Waals surface area (Å²) in [5.41, 5.74) is 0. The fourth-order valence-electron chi connectivity index (χ4n) is 2.95. The number of ether oxygens (including phenoxy) is 1. The third kappa shape index (κ3) is 2.23. The normalized spacial score (nSPS) is 38.7. The lowest BCUT2D eigenvalue weighted by Gasteiger charge is -2.34. The minimum absolute atomic E-state index is 0.00815. The maximum absolute atomic E-state index is 11.5. The molecular weight excluding hydrogens is 206 g/mol. The second-order valence-corrected chi connectivity index (χ2v) is 5.03. The molecule has 4 heteroatoms. The summed E-state index contributed by atoms with van der Waals surface area (Å²) in [6.45, 7) is 1.98. The molecule has 0 saturated carbocycles. The third-order valence-electron chi connectivity index (χ3n) is 3.83. The topological polar surface area (TPSA) is 49.8 Å². The molecule has 2 fully saturated rings. The van der Waals surface area contributed by atoms with Crippen LogP contribution in [0.15, 0.2) is 0 Å². The molecule has 4 atom stereocenters. The molecular formula is C12H21NO3. The smallest absolute Gasteiger partial charge is 0.306 e. The lowest BCUT2D eigenvalue weighted by atomic mass is 10.0. The summed E-state index contributed by atoms with van der Waals surface area (Å²) in [5.74, 6) is -0.0945. The number of likely N-dealkylation sites (N-methyl/N-ethyl adjacent to an activating group) is 1. The molecule has 2 rings (SSSR count). The number of hydrogen-bond donors (Lipinski definition) is 1. The predicted octanol–water partition coefficient (Wildman–Crippen LogP) is 0.926. The molecule has 4 nitrogen and oxygen atoms in total. The van der Waals surface area contributed by atoms with E-state index < -0.39 is 0 Å². The van der Waals surface area contributed by atoms with Crippen molar-refractivity contribution >= 4 is 5.97 Å². The van der Waals surface area contributed by atoms with Crippen LogP contribution in [0.5, 0.6) is 0 Å². The highest BCUT2D eigenvalue weighted by molar-refractivity contribution is 5.69. The lowest BCUT2D eigenvalue weighted by molar-refractivity contribution is -0.150. The Morgan fingerprint density at radius 3 is 2.88 bits per heavy atom. The molecule has 0 aromatic heterocycles. The standard InChI is InChI=1S/C12H21NO3/c1-3-4-12(15)16-11-6-8-5-9(14)7-10(11)13(8)2/h8-11,14H,3-7H2,1-2H3/t8-,9?,10+,11?/m0/s1. The highest BCUT2D eigenvalue weighted by atomic mass is 16.5. The number of carbonyl (C=O) groups is 1. The van der Waals surface area contributed by atoms with E-state index in [0.29, 0.717) is 12.5 Å². The molecule has 2 aliphatic heterocycles. The number of piperidine rings is 1. The second-order valence-electron chi connectivity index (χ2n) is 5.03. The molecule has 2 bridgehead atoms. The molecule has 0 aliphatic carbocycles. The van der Waals surface area contributed by atoms with Gasteiger partial charge in [-0.1, -0.05) is 6.92 Å². The quantitative estimate of drug-likeness (QED) is 0.729. The van der Waals surface area contributed by atoms with Gasteiger partial charge in [0.1, 0.15) is 6.10 Å². The Balaban J connectivity index is 1.95. The van der Waals surface area contributed by atoms with E-state index >= 15 is 0 Å². The van der Waals surface area contributed by atoms with Gasteiger partial charge in [-0.25, -0.2) is 0 Å². The van der Waals surface area contributed by atoms with E-state index in [-0.39, 0.29) is 24.2 Å². The Bertz CT molecular complexity index is 269. The van der Waals surface area contributed by atoms with Crippen LogP contribution in [0.3, 0.4) is 0 Å². The number of aliphatic hydroxyl groups excluding tert-OH is 1. The van der Waals surface area contributed by atoms with Crippen molar-refractivity contribution in [3.05, 3.63) is 0 Å². The highest BCUT2D eigenvalue weighted by Gasteiger charge is 2.46. The van der Waals surface area contributed by atoms with Crippen molar-refractivity contribution in [2.45, 2.75) is 63.3 Å². The number of fused-ring (bicyclic) bond motifs is 2. The summed E-state index contributed by atoms with van der Waals surface area (Å²) in [5, 5.41) is 9.70. The molecule has 2 heterocycles. The summed E-state index contributed by atoms with van der Waals surface area (Å²) in [6, 6.07) is 0.600. The lowest BCUT2D eigenvalue weighted by Crippen LogP contribution is -2.44. The minimum Gasteiger partial charge on any atom is -0.461 e. The van der Waals surface area contributed by atoms with E-state index in [0.717, 1.165) is 25.7 Å². The van der Waals surface area contributed by atoms with Crippen molar-refractivity contribution in [2.75, 3.05) is 7.05 Å². The van der Waals surface area contributed by atoms with Crippen LogP contribution in [0.2, 0.25) is 0 Å². The SMILES string of the molecule is CCCC(=O)OC1C[C@@H]2CC(O)C[C@H]1N2C. The molecule has 0 aromatic carbocycles. The molecule has 16 heavy (non-hydrogen) atoms. The van der Waals surface area contributed by atoms with Gasteiger partial charge < -0.3 is 9.84 Å². The first-order valence-electron chi connectivity index (χ1n) is 6.21. The van der Waals surface area contributed by atoms with Gasteiger partial charge >= 0.3 is 5.97 Å². The average Bonchev–Trinajstić information content (AvgIpc) is 2.41. The summed E-state index contributed by atoms with van der Waals surface area (Å²) >= 11 is 0. The Morgan fingerprint density at radius 1 is 1.44 bits per heavy atom. The van der Waals surface area contributed by atoms with Gasteiger partial charge in [-0.3, -0.25) is 9.69 Å². The number of carbonyl (C=O) groups excluding carboxylic acids is 1. The molecule has 2 aliphatic rings. The van der Waals surface area contributed by atoms with Crippen molar-refractivity contribution in [2.24, 2.45) is 0 Å². The van der Waals surface area contributed by atoms with Crippen molar-refractivity contribution in [1.29, 1.82) is 0 Å². The van der Waals surface area contributed by atoms with Crippen LogP contribution >= 0.6 is 0 Å². The zero-order chi connectivity index (χ0) is 11.7. The van der Waals surface area contributed by atoms with Crippen LogP contribution in [0.25, 0.3) is 0 Å². The van der Waals surface area contributed by atoms with Crippen molar-refractivity contribution in [3.8, 4) is 0 Å². The van der Waals surface area contributed by atoms with E-state index in [1.165, 1.54) is 0 Å².